The average molecular weight is 423 g/mol. The van der Waals surface area contributed by atoms with E-state index in [0.717, 1.165) is 12.8 Å². The van der Waals surface area contributed by atoms with Crippen molar-refractivity contribution in [1.82, 2.24) is 4.72 Å². The molecule has 1 heterocycles. The molecular formula is C20H26N2O4S2. The Morgan fingerprint density at radius 3 is 2.36 bits per heavy atom. The fraction of sp³-hybridized carbons (Fsp3) is 0.400. The van der Waals surface area contributed by atoms with E-state index < -0.39 is 20.0 Å². The third-order valence-corrected chi connectivity index (χ3v) is 8.32. The van der Waals surface area contributed by atoms with Gasteiger partial charge in [-0.05, 0) is 62.4 Å². The highest BCUT2D eigenvalue weighted by molar-refractivity contribution is 7.92. The Labute approximate surface area is 167 Å². The van der Waals surface area contributed by atoms with Crippen molar-refractivity contribution < 1.29 is 16.8 Å². The van der Waals surface area contributed by atoms with E-state index in [1.807, 2.05) is 37.3 Å². The van der Waals surface area contributed by atoms with E-state index in [4.69, 9.17) is 0 Å². The molecule has 1 aliphatic rings. The number of nitrogens with one attached hydrogen (secondary N) is 1. The first-order chi connectivity index (χ1) is 13.3. The van der Waals surface area contributed by atoms with Crippen LogP contribution in [-0.4, -0.2) is 35.2 Å². The molecule has 1 atom stereocenters. The molecule has 2 aromatic carbocycles. The Balaban J connectivity index is 1.65. The van der Waals surface area contributed by atoms with Crippen LogP contribution in [0.25, 0.3) is 0 Å². The van der Waals surface area contributed by atoms with Gasteiger partial charge in [-0.25, -0.2) is 21.6 Å². The Hall–Kier alpha value is -1.90. The van der Waals surface area contributed by atoms with Crippen LogP contribution in [0.4, 0.5) is 5.69 Å². The molecule has 152 valence electrons. The molecule has 0 bridgehead atoms. The van der Waals surface area contributed by atoms with Gasteiger partial charge >= 0.3 is 0 Å². The van der Waals surface area contributed by atoms with Crippen LogP contribution in [0.3, 0.4) is 0 Å². The maximum absolute atomic E-state index is 12.6. The molecule has 28 heavy (non-hydrogen) atoms. The van der Waals surface area contributed by atoms with Gasteiger partial charge in [0.05, 0.1) is 16.3 Å². The van der Waals surface area contributed by atoms with Crippen LogP contribution in [0, 0.1) is 0 Å². The highest BCUT2D eigenvalue weighted by atomic mass is 32.2. The highest BCUT2D eigenvalue weighted by Crippen LogP contribution is 2.25. The normalized spacial score (nSPS) is 18.0. The summed E-state index contributed by atoms with van der Waals surface area (Å²) in [6.45, 7) is 2.28. The second kappa shape index (κ2) is 8.63. The van der Waals surface area contributed by atoms with E-state index in [2.05, 4.69) is 4.72 Å². The number of hydrogen-bond acceptors (Lipinski definition) is 4. The fourth-order valence-corrected chi connectivity index (χ4v) is 6.21. The van der Waals surface area contributed by atoms with Crippen molar-refractivity contribution in [1.29, 1.82) is 0 Å². The summed E-state index contributed by atoms with van der Waals surface area (Å²) >= 11 is 0. The van der Waals surface area contributed by atoms with Crippen LogP contribution in [0.2, 0.25) is 0 Å². The molecule has 3 rings (SSSR count). The predicted molar refractivity (Wildman–Crippen MR) is 111 cm³/mol. The molecule has 8 heteroatoms. The van der Waals surface area contributed by atoms with Gasteiger partial charge in [-0.3, -0.25) is 4.31 Å². The fourth-order valence-electron chi connectivity index (χ4n) is 3.29. The number of nitrogens with zero attached hydrogens (tertiary/aromatic N) is 1. The highest BCUT2D eigenvalue weighted by Gasteiger charge is 2.26. The van der Waals surface area contributed by atoms with E-state index >= 15 is 0 Å². The Bertz CT molecular complexity index is 988. The quantitative estimate of drug-likeness (QED) is 0.744. The van der Waals surface area contributed by atoms with Crippen molar-refractivity contribution in [2.75, 3.05) is 16.6 Å². The number of hydrogen-bond donors (Lipinski definition) is 1. The lowest BCUT2D eigenvalue weighted by Gasteiger charge is -2.28. The number of benzene rings is 2. The minimum absolute atomic E-state index is 0.132. The molecule has 1 aliphatic heterocycles. The number of sulfonamides is 2. The molecule has 2 aromatic rings. The van der Waals surface area contributed by atoms with Crippen molar-refractivity contribution in [3.63, 3.8) is 0 Å². The van der Waals surface area contributed by atoms with Crippen molar-refractivity contribution in [3.8, 4) is 0 Å². The summed E-state index contributed by atoms with van der Waals surface area (Å²) in [5, 5.41) is 0. The van der Waals surface area contributed by atoms with Gasteiger partial charge in [0.2, 0.25) is 20.0 Å². The first kappa shape index (κ1) is 20.8. The molecule has 0 saturated carbocycles. The molecule has 1 N–H and O–H groups in total. The molecule has 1 fully saturated rings. The van der Waals surface area contributed by atoms with E-state index in [-0.39, 0.29) is 16.7 Å². The van der Waals surface area contributed by atoms with E-state index in [1.165, 1.54) is 22.0 Å². The summed E-state index contributed by atoms with van der Waals surface area (Å²) in [6, 6.07) is 15.8. The van der Waals surface area contributed by atoms with Crippen LogP contribution in [-0.2, 0) is 26.5 Å². The molecule has 0 unspecified atom stereocenters. The van der Waals surface area contributed by atoms with Crippen LogP contribution in [0.1, 0.15) is 31.7 Å². The van der Waals surface area contributed by atoms with Crippen molar-refractivity contribution in [2.24, 2.45) is 0 Å². The molecule has 6 nitrogen and oxygen atoms in total. The Morgan fingerprint density at radius 2 is 1.71 bits per heavy atom. The zero-order valence-corrected chi connectivity index (χ0v) is 17.5. The second-order valence-corrected chi connectivity index (χ2v) is 10.9. The zero-order valence-electron chi connectivity index (χ0n) is 15.9. The van der Waals surface area contributed by atoms with Gasteiger partial charge in [0.25, 0.3) is 0 Å². The van der Waals surface area contributed by atoms with Crippen molar-refractivity contribution >= 4 is 25.7 Å². The molecule has 0 amide bonds. The summed E-state index contributed by atoms with van der Waals surface area (Å²) < 4.78 is 53.7. The monoisotopic (exact) mass is 422 g/mol. The third kappa shape index (κ3) is 5.12. The lowest BCUT2D eigenvalue weighted by molar-refractivity contribution is 0.547. The largest absolute Gasteiger partial charge is 0.270 e. The van der Waals surface area contributed by atoms with Crippen LogP contribution < -0.4 is 9.03 Å². The number of rotatable bonds is 7. The molecule has 0 spiro atoms. The minimum atomic E-state index is -3.66. The smallest absolute Gasteiger partial charge is 0.240 e. The molecule has 1 saturated heterocycles. The molecular weight excluding hydrogens is 396 g/mol. The van der Waals surface area contributed by atoms with Crippen LogP contribution >= 0.6 is 0 Å². The van der Waals surface area contributed by atoms with Crippen LogP contribution in [0.15, 0.2) is 59.5 Å². The summed E-state index contributed by atoms with van der Waals surface area (Å²) in [5.74, 6) is 0.132. The van der Waals surface area contributed by atoms with Gasteiger partial charge in [-0.1, -0.05) is 30.3 Å². The Morgan fingerprint density at radius 1 is 1.04 bits per heavy atom. The summed E-state index contributed by atoms with van der Waals surface area (Å²) in [7, 11) is -6.97. The van der Waals surface area contributed by atoms with E-state index in [9.17, 15) is 16.8 Å². The summed E-state index contributed by atoms with van der Waals surface area (Å²) in [5.41, 5.74) is 1.68. The minimum Gasteiger partial charge on any atom is -0.270 e. The third-order valence-electron chi connectivity index (χ3n) is 4.85. The van der Waals surface area contributed by atoms with E-state index in [1.54, 1.807) is 12.1 Å². The lowest BCUT2D eigenvalue weighted by atomic mass is 10.1. The second-order valence-electron chi connectivity index (χ2n) is 7.14. The Kier molecular flexibility index (Phi) is 6.42. The molecule has 0 aliphatic carbocycles. The van der Waals surface area contributed by atoms with Crippen molar-refractivity contribution in [2.45, 2.75) is 43.5 Å². The number of anilines is 1. The molecule has 0 radical (unpaired) electrons. The SMILES string of the molecule is C[C@H](CCc1ccccc1)NS(=O)(=O)c1ccc(N2CCCCS2(=O)=O)cc1. The predicted octanol–water partition coefficient (Wildman–Crippen LogP) is 2.92. The standard InChI is InChI=1S/C20H26N2O4S2/c1-17(9-10-18-7-3-2-4-8-18)21-28(25,26)20-13-11-19(12-14-20)22-15-5-6-16-27(22,23)24/h2-4,7-8,11-14,17,21H,5-6,9-10,15-16H2,1H3/t17-/m1/s1. The average Bonchev–Trinajstić information content (AvgIpc) is 2.67. The van der Waals surface area contributed by atoms with Gasteiger partial charge in [0, 0.05) is 12.6 Å². The van der Waals surface area contributed by atoms with Gasteiger partial charge < -0.3 is 0 Å². The number of aryl methyl sites for hydroxylation is 1. The topological polar surface area (TPSA) is 83.6 Å². The zero-order chi connectivity index (χ0) is 20.2. The lowest BCUT2D eigenvalue weighted by Crippen LogP contribution is -2.37. The van der Waals surface area contributed by atoms with Crippen LogP contribution in [0.5, 0.6) is 0 Å². The summed E-state index contributed by atoms with van der Waals surface area (Å²) in [4.78, 5) is 0.136. The van der Waals surface area contributed by atoms with Gasteiger partial charge in [0.15, 0.2) is 0 Å². The maximum Gasteiger partial charge on any atom is 0.240 e. The first-order valence-corrected chi connectivity index (χ1v) is 12.5. The summed E-state index contributed by atoms with van der Waals surface area (Å²) in [6.07, 6.45) is 2.94. The van der Waals surface area contributed by atoms with E-state index in [0.29, 0.717) is 25.1 Å². The molecule has 0 aromatic heterocycles. The van der Waals surface area contributed by atoms with Gasteiger partial charge in [0.1, 0.15) is 0 Å². The van der Waals surface area contributed by atoms with Gasteiger partial charge in [-0.15, -0.1) is 0 Å². The first-order valence-electron chi connectivity index (χ1n) is 9.45. The van der Waals surface area contributed by atoms with Crippen molar-refractivity contribution in [3.05, 3.63) is 60.2 Å². The maximum atomic E-state index is 12.6. The van der Waals surface area contributed by atoms with Gasteiger partial charge in [-0.2, -0.15) is 0 Å².